The molecule has 0 saturated heterocycles. The van der Waals surface area contributed by atoms with E-state index in [4.69, 9.17) is 16.3 Å². The summed E-state index contributed by atoms with van der Waals surface area (Å²) >= 11 is 6.36. The van der Waals surface area contributed by atoms with Crippen molar-refractivity contribution in [2.75, 3.05) is 23.3 Å². The zero-order valence-electron chi connectivity index (χ0n) is 18.2. The number of rotatable bonds is 5. The Morgan fingerprint density at radius 3 is 2.68 bits per heavy atom. The molecule has 0 saturated carbocycles. The summed E-state index contributed by atoms with van der Waals surface area (Å²) in [6.07, 6.45) is 1.53. The van der Waals surface area contributed by atoms with Crippen LogP contribution in [-0.4, -0.2) is 29.7 Å². The Kier molecular flexibility index (Phi) is 5.67. The molecule has 1 aliphatic heterocycles. The van der Waals surface area contributed by atoms with Crippen LogP contribution in [-0.2, 0) is 6.54 Å². The number of benzene rings is 2. The van der Waals surface area contributed by atoms with E-state index in [2.05, 4.69) is 24.1 Å². The standard InChI is InChI=1S/C24H26ClN3O3/c1-5-27(6-2)16-7-9-19(14(3)11-16)26-24(30)17-13-28-12-15(4)31-20-10-8-18(25)21(22(20)28)23(17)29/h7-11,13,15H,5-6,12H2,1-4H3,(H,26,30)/t15-/m0/s1. The van der Waals surface area contributed by atoms with Crippen molar-refractivity contribution in [1.29, 1.82) is 0 Å². The fourth-order valence-electron chi connectivity index (χ4n) is 4.16. The lowest BCUT2D eigenvalue weighted by atomic mass is 10.1. The molecule has 0 unspecified atom stereocenters. The van der Waals surface area contributed by atoms with Crippen molar-refractivity contribution in [1.82, 2.24) is 4.57 Å². The summed E-state index contributed by atoms with van der Waals surface area (Å²) in [6.45, 7) is 10.4. The van der Waals surface area contributed by atoms with E-state index in [-0.39, 0.29) is 11.7 Å². The van der Waals surface area contributed by atoms with Crippen molar-refractivity contribution in [3.63, 3.8) is 0 Å². The van der Waals surface area contributed by atoms with E-state index in [9.17, 15) is 9.59 Å². The van der Waals surface area contributed by atoms with Gasteiger partial charge in [-0.25, -0.2) is 0 Å². The number of pyridine rings is 1. The molecule has 3 aromatic rings. The van der Waals surface area contributed by atoms with Crippen LogP contribution in [0.4, 0.5) is 11.4 Å². The first-order valence-corrected chi connectivity index (χ1v) is 10.9. The Morgan fingerprint density at radius 1 is 1.26 bits per heavy atom. The monoisotopic (exact) mass is 439 g/mol. The maximum absolute atomic E-state index is 13.2. The van der Waals surface area contributed by atoms with Gasteiger partial charge in [0.25, 0.3) is 5.91 Å². The molecule has 0 fully saturated rings. The molecule has 1 amide bonds. The van der Waals surface area contributed by atoms with E-state index in [0.29, 0.717) is 33.9 Å². The van der Waals surface area contributed by atoms with Gasteiger partial charge in [-0.2, -0.15) is 0 Å². The van der Waals surface area contributed by atoms with Crippen LogP contribution in [0.5, 0.6) is 5.75 Å². The molecule has 1 aromatic heterocycles. The average Bonchev–Trinajstić information content (AvgIpc) is 2.74. The predicted molar refractivity (Wildman–Crippen MR) is 126 cm³/mol. The van der Waals surface area contributed by atoms with E-state index in [1.54, 1.807) is 18.3 Å². The molecule has 0 radical (unpaired) electrons. The molecule has 4 rings (SSSR count). The van der Waals surface area contributed by atoms with Crippen molar-refractivity contribution in [3.05, 3.63) is 62.9 Å². The van der Waals surface area contributed by atoms with Gasteiger partial charge in [0, 0.05) is 30.7 Å². The minimum absolute atomic E-state index is 0.0628. The van der Waals surface area contributed by atoms with Gasteiger partial charge in [0.2, 0.25) is 5.43 Å². The summed E-state index contributed by atoms with van der Waals surface area (Å²) in [5.41, 5.74) is 3.01. The number of anilines is 2. The molecule has 2 heterocycles. The molecular formula is C24H26ClN3O3. The molecule has 0 aliphatic carbocycles. The molecule has 31 heavy (non-hydrogen) atoms. The molecule has 1 aliphatic rings. The van der Waals surface area contributed by atoms with Crippen molar-refractivity contribution >= 4 is 39.8 Å². The van der Waals surface area contributed by atoms with Crippen LogP contribution in [0.3, 0.4) is 0 Å². The fraction of sp³-hybridized carbons (Fsp3) is 0.333. The van der Waals surface area contributed by atoms with Crippen LogP contribution >= 0.6 is 11.6 Å². The number of carbonyl (C=O) groups is 1. The number of nitrogens with one attached hydrogen (secondary N) is 1. The first kappa shape index (κ1) is 21.2. The van der Waals surface area contributed by atoms with Crippen LogP contribution in [0.2, 0.25) is 5.02 Å². The van der Waals surface area contributed by atoms with Gasteiger partial charge in [0.1, 0.15) is 17.4 Å². The highest BCUT2D eigenvalue weighted by Crippen LogP contribution is 2.33. The number of hydrogen-bond acceptors (Lipinski definition) is 4. The highest BCUT2D eigenvalue weighted by Gasteiger charge is 2.25. The smallest absolute Gasteiger partial charge is 0.261 e. The van der Waals surface area contributed by atoms with Crippen molar-refractivity contribution < 1.29 is 9.53 Å². The molecule has 1 N–H and O–H groups in total. The summed E-state index contributed by atoms with van der Waals surface area (Å²) in [5.74, 6) is 0.153. The normalized spacial score (nSPS) is 14.9. The van der Waals surface area contributed by atoms with Gasteiger partial charge in [0.05, 0.1) is 22.5 Å². The van der Waals surface area contributed by atoms with Crippen molar-refractivity contribution in [2.45, 2.75) is 40.3 Å². The summed E-state index contributed by atoms with van der Waals surface area (Å²) < 4.78 is 7.74. The number of nitrogens with zero attached hydrogens (tertiary/aromatic N) is 2. The lowest BCUT2D eigenvalue weighted by Gasteiger charge is -2.26. The lowest BCUT2D eigenvalue weighted by molar-refractivity contribution is 0.102. The summed E-state index contributed by atoms with van der Waals surface area (Å²) in [6, 6.07) is 9.30. The number of aromatic nitrogens is 1. The lowest BCUT2D eigenvalue weighted by Crippen LogP contribution is -2.30. The Labute approximate surface area is 186 Å². The van der Waals surface area contributed by atoms with Crippen LogP contribution in [0.15, 0.2) is 41.3 Å². The number of carbonyl (C=O) groups excluding carboxylic acids is 1. The molecular weight excluding hydrogens is 414 g/mol. The molecule has 0 bridgehead atoms. The first-order chi connectivity index (χ1) is 14.8. The molecule has 162 valence electrons. The predicted octanol–water partition coefficient (Wildman–Crippen LogP) is 4.84. The molecule has 6 nitrogen and oxygen atoms in total. The average molecular weight is 440 g/mol. The third-order valence-electron chi connectivity index (χ3n) is 5.75. The van der Waals surface area contributed by atoms with Crippen LogP contribution < -0.4 is 20.4 Å². The quantitative estimate of drug-likeness (QED) is 0.617. The number of ether oxygens (including phenoxy) is 1. The number of amides is 1. The Hall–Kier alpha value is -2.99. The summed E-state index contributed by atoms with van der Waals surface area (Å²) in [4.78, 5) is 28.5. The van der Waals surface area contributed by atoms with Crippen LogP contribution in [0, 0.1) is 6.92 Å². The van der Waals surface area contributed by atoms with Crippen LogP contribution in [0.25, 0.3) is 10.9 Å². The molecule has 0 spiro atoms. The van der Waals surface area contributed by atoms with Gasteiger partial charge < -0.3 is 19.5 Å². The minimum Gasteiger partial charge on any atom is -0.487 e. The highest BCUT2D eigenvalue weighted by molar-refractivity contribution is 6.35. The van der Waals surface area contributed by atoms with Gasteiger partial charge >= 0.3 is 0 Å². The Bertz CT molecular complexity index is 1230. The third-order valence-corrected chi connectivity index (χ3v) is 6.06. The van der Waals surface area contributed by atoms with E-state index in [0.717, 1.165) is 24.3 Å². The summed E-state index contributed by atoms with van der Waals surface area (Å²) in [5, 5.41) is 3.53. The third kappa shape index (κ3) is 3.76. The van der Waals surface area contributed by atoms with E-state index in [1.165, 1.54) is 0 Å². The van der Waals surface area contributed by atoms with Crippen molar-refractivity contribution in [2.24, 2.45) is 0 Å². The second-order valence-electron chi connectivity index (χ2n) is 7.85. The maximum atomic E-state index is 13.2. The first-order valence-electron chi connectivity index (χ1n) is 10.5. The van der Waals surface area contributed by atoms with E-state index >= 15 is 0 Å². The topological polar surface area (TPSA) is 63.6 Å². The number of halogens is 1. The largest absolute Gasteiger partial charge is 0.487 e. The minimum atomic E-state index is -0.449. The maximum Gasteiger partial charge on any atom is 0.261 e. The molecule has 2 aromatic carbocycles. The van der Waals surface area contributed by atoms with Gasteiger partial charge in [-0.05, 0) is 63.6 Å². The Morgan fingerprint density at radius 2 is 2.00 bits per heavy atom. The van der Waals surface area contributed by atoms with Gasteiger partial charge in [0.15, 0.2) is 0 Å². The zero-order valence-corrected chi connectivity index (χ0v) is 18.9. The molecule has 7 heteroatoms. The summed E-state index contributed by atoms with van der Waals surface area (Å²) in [7, 11) is 0. The van der Waals surface area contributed by atoms with Gasteiger partial charge in [-0.1, -0.05) is 11.6 Å². The number of hydrogen-bond donors (Lipinski definition) is 1. The highest BCUT2D eigenvalue weighted by atomic mass is 35.5. The van der Waals surface area contributed by atoms with E-state index < -0.39 is 11.3 Å². The van der Waals surface area contributed by atoms with E-state index in [1.807, 2.05) is 36.6 Å². The fourth-order valence-corrected chi connectivity index (χ4v) is 4.40. The molecule has 1 atom stereocenters. The number of aryl methyl sites for hydroxylation is 1. The Balaban J connectivity index is 1.73. The SMILES string of the molecule is CCN(CC)c1ccc(NC(=O)c2cn3c4c(ccc(Cl)c4c2=O)O[C@@H](C)C3)c(C)c1. The van der Waals surface area contributed by atoms with Crippen molar-refractivity contribution in [3.8, 4) is 5.75 Å². The zero-order chi connectivity index (χ0) is 22.3. The van der Waals surface area contributed by atoms with Crippen LogP contribution in [0.1, 0.15) is 36.7 Å². The second kappa shape index (κ2) is 8.27. The van der Waals surface area contributed by atoms with Gasteiger partial charge in [-0.15, -0.1) is 0 Å². The van der Waals surface area contributed by atoms with Gasteiger partial charge in [-0.3, -0.25) is 9.59 Å². The second-order valence-corrected chi connectivity index (χ2v) is 8.25.